The molecule has 20 heavy (non-hydrogen) atoms. The zero-order valence-corrected chi connectivity index (χ0v) is 14.8. The number of nitrogens with one attached hydrogen (secondary N) is 1. The highest BCUT2D eigenvalue weighted by Gasteiger charge is 2.48. The topological polar surface area (TPSA) is 38.0 Å². The lowest BCUT2D eigenvalue weighted by atomic mass is 10.1. The zero-order chi connectivity index (χ0) is 13.3. The number of quaternary nitrogens is 2. The van der Waals surface area contributed by atoms with Crippen LogP contribution in [0.4, 0.5) is 0 Å². The lowest BCUT2D eigenvalue weighted by molar-refractivity contribution is -1.08. The molecule has 0 aliphatic carbocycles. The van der Waals surface area contributed by atoms with E-state index < -0.39 is 0 Å². The standard InChI is InChI=1S/C14H32N4.2ClH/c1-14(2,3)16-5-7-18-11-8-17(6-4-15,9-12-18)10-13-18;;/h16H,4-13,15H2,1-3H3;2*1H/q+2;;/p-2. The highest BCUT2D eigenvalue weighted by Crippen LogP contribution is 2.25. The van der Waals surface area contributed by atoms with Gasteiger partial charge in [0.2, 0.25) is 0 Å². The number of nitrogens with two attached hydrogens (primary N) is 1. The Kier molecular flexibility index (Phi) is 7.77. The molecule has 122 valence electrons. The largest absolute Gasteiger partial charge is 1.00 e. The maximum absolute atomic E-state index is 5.77. The SMILES string of the molecule is CC(C)(C)NCC[N+]12CC[N+](CCN)(CC1)CC2.[Cl-].[Cl-]. The van der Waals surface area contributed by atoms with Crippen molar-refractivity contribution in [3.63, 3.8) is 0 Å². The van der Waals surface area contributed by atoms with Crippen LogP contribution in [0.1, 0.15) is 20.8 Å². The molecule has 3 aliphatic rings. The summed E-state index contributed by atoms with van der Waals surface area (Å²) >= 11 is 0. The first-order valence-electron chi connectivity index (χ1n) is 7.54. The third-order valence-corrected chi connectivity index (χ3v) is 4.99. The molecular formula is C14H32Cl2N4. The van der Waals surface area contributed by atoms with Crippen molar-refractivity contribution in [1.82, 2.24) is 5.32 Å². The summed E-state index contributed by atoms with van der Waals surface area (Å²) in [6.07, 6.45) is 0. The van der Waals surface area contributed by atoms with Gasteiger partial charge < -0.3 is 44.8 Å². The number of hydrogen-bond donors (Lipinski definition) is 2. The van der Waals surface area contributed by atoms with Crippen LogP contribution in [0.2, 0.25) is 0 Å². The van der Waals surface area contributed by atoms with Crippen molar-refractivity contribution in [2.24, 2.45) is 5.73 Å². The van der Waals surface area contributed by atoms with Crippen molar-refractivity contribution < 1.29 is 33.8 Å². The van der Waals surface area contributed by atoms with Crippen molar-refractivity contribution >= 4 is 0 Å². The van der Waals surface area contributed by atoms with Gasteiger partial charge in [0.05, 0.1) is 13.1 Å². The number of halogens is 2. The van der Waals surface area contributed by atoms with Crippen LogP contribution in [-0.4, -0.2) is 80.0 Å². The van der Waals surface area contributed by atoms with Crippen molar-refractivity contribution in [3.05, 3.63) is 0 Å². The maximum Gasteiger partial charge on any atom is 0.129 e. The fourth-order valence-corrected chi connectivity index (χ4v) is 3.56. The van der Waals surface area contributed by atoms with Crippen molar-refractivity contribution in [2.45, 2.75) is 26.3 Å². The van der Waals surface area contributed by atoms with Crippen molar-refractivity contribution in [1.29, 1.82) is 0 Å². The van der Waals surface area contributed by atoms with E-state index in [1.165, 1.54) is 61.3 Å². The summed E-state index contributed by atoms with van der Waals surface area (Å²) in [7, 11) is 0. The molecule has 0 atom stereocenters. The maximum atomic E-state index is 5.77. The molecule has 3 rings (SSSR count). The normalized spacial score (nSPS) is 32.4. The highest BCUT2D eigenvalue weighted by atomic mass is 35.5. The van der Waals surface area contributed by atoms with E-state index in [1.807, 2.05) is 0 Å². The molecule has 2 bridgehead atoms. The molecule has 0 amide bonds. The molecule has 3 heterocycles. The summed E-state index contributed by atoms with van der Waals surface area (Å²) in [6.45, 7) is 19.4. The Morgan fingerprint density at radius 1 is 0.850 bits per heavy atom. The Labute approximate surface area is 137 Å². The molecule has 0 saturated carbocycles. The minimum absolute atomic E-state index is 0. The van der Waals surface area contributed by atoms with Crippen LogP contribution in [0, 0.1) is 0 Å². The zero-order valence-electron chi connectivity index (χ0n) is 13.3. The minimum atomic E-state index is 0. The average Bonchev–Trinajstić information content (AvgIpc) is 2.30. The van der Waals surface area contributed by atoms with Gasteiger partial charge in [-0.3, -0.25) is 0 Å². The molecule has 3 aliphatic heterocycles. The van der Waals surface area contributed by atoms with Crippen LogP contribution in [0.15, 0.2) is 0 Å². The Morgan fingerprint density at radius 2 is 1.25 bits per heavy atom. The van der Waals surface area contributed by atoms with Gasteiger partial charge in [0.25, 0.3) is 0 Å². The van der Waals surface area contributed by atoms with E-state index in [0.717, 1.165) is 13.1 Å². The van der Waals surface area contributed by atoms with Gasteiger partial charge in [0.15, 0.2) is 0 Å². The summed E-state index contributed by atoms with van der Waals surface area (Å²) in [5.41, 5.74) is 6.02. The number of nitrogens with zero attached hydrogens (tertiary/aromatic N) is 2. The van der Waals surface area contributed by atoms with E-state index in [9.17, 15) is 0 Å². The first kappa shape index (κ1) is 20.4. The first-order chi connectivity index (χ1) is 8.39. The molecule has 3 fully saturated rings. The minimum Gasteiger partial charge on any atom is -1.00 e. The number of hydrogen-bond acceptors (Lipinski definition) is 2. The van der Waals surface area contributed by atoms with Crippen LogP contribution in [0.25, 0.3) is 0 Å². The van der Waals surface area contributed by atoms with Crippen molar-refractivity contribution in [2.75, 3.05) is 65.4 Å². The molecule has 0 aromatic heterocycles. The summed E-state index contributed by atoms with van der Waals surface area (Å²) in [6, 6.07) is 0. The summed E-state index contributed by atoms with van der Waals surface area (Å²) < 4.78 is 2.66. The second kappa shape index (κ2) is 7.61. The third-order valence-electron chi connectivity index (χ3n) is 4.99. The lowest BCUT2D eigenvalue weighted by Crippen LogP contribution is -3.00. The average molecular weight is 327 g/mol. The predicted octanol–water partition coefficient (Wildman–Crippen LogP) is -6.00. The molecule has 0 spiro atoms. The van der Waals surface area contributed by atoms with Crippen LogP contribution in [0.5, 0.6) is 0 Å². The van der Waals surface area contributed by atoms with Crippen molar-refractivity contribution in [3.8, 4) is 0 Å². The summed E-state index contributed by atoms with van der Waals surface area (Å²) in [5, 5.41) is 3.64. The second-order valence-corrected chi connectivity index (χ2v) is 7.44. The molecule has 0 unspecified atom stereocenters. The van der Waals surface area contributed by atoms with Gasteiger partial charge in [-0.15, -0.1) is 0 Å². The van der Waals surface area contributed by atoms with E-state index >= 15 is 0 Å². The molecule has 3 saturated heterocycles. The predicted molar refractivity (Wildman–Crippen MR) is 76.3 cm³/mol. The molecule has 0 aromatic rings. The molecule has 4 nitrogen and oxygen atoms in total. The molecule has 3 N–H and O–H groups in total. The van der Waals surface area contributed by atoms with Crippen LogP contribution < -0.4 is 35.9 Å². The Morgan fingerprint density at radius 3 is 1.60 bits per heavy atom. The second-order valence-electron chi connectivity index (χ2n) is 7.44. The van der Waals surface area contributed by atoms with Crippen LogP contribution >= 0.6 is 0 Å². The fraction of sp³-hybridized carbons (Fsp3) is 1.00. The van der Waals surface area contributed by atoms with Gasteiger partial charge in [0, 0.05) is 18.6 Å². The summed E-state index contributed by atoms with van der Waals surface area (Å²) in [4.78, 5) is 0. The summed E-state index contributed by atoms with van der Waals surface area (Å²) in [5.74, 6) is 0. The van der Waals surface area contributed by atoms with Gasteiger partial charge >= 0.3 is 0 Å². The fourth-order valence-electron chi connectivity index (χ4n) is 3.56. The first-order valence-corrected chi connectivity index (χ1v) is 7.54. The van der Waals surface area contributed by atoms with Gasteiger partial charge in [0.1, 0.15) is 39.3 Å². The number of rotatable bonds is 5. The van der Waals surface area contributed by atoms with Crippen LogP contribution in [-0.2, 0) is 0 Å². The molecule has 0 radical (unpaired) electrons. The van der Waals surface area contributed by atoms with E-state index in [2.05, 4.69) is 26.1 Å². The smallest absolute Gasteiger partial charge is 0.129 e. The van der Waals surface area contributed by atoms with E-state index in [-0.39, 0.29) is 30.4 Å². The van der Waals surface area contributed by atoms with Gasteiger partial charge in [-0.25, -0.2) is 0 Å². The highest BCUT2D eigenvalue weighted by molar-refractivity contribution is 4.71. The van der Waals surface area contributed by atoms with Gasteiger partial charge in [-0.2, -0.15) is 0 Å². The van der Waals surface area contributed by atoms with Gasteiger partial charge in [-0.1, -0.05) is 0 Å². The molecular weight excluding hydrogens is 295 g/mol. The molecule has 6 heteroatoms. The molecule has 0 aromatic carbocycles. The Hall–Kier alpha value is 0.420. The number of piperazine rings is 3. The Bertz CT molecular complexity index is 267. The van der Waals surface area contributed by atoms with Gasteiger partial charge in [-0.05, 0) is 20.8 Å². The third kappa shape index (κ3) is 5.00. The quantitative estimate of drug-likeness (QED) is 0.494. The Balaban J connectivity index is 0.00000180. The van der Waals surface area contributed by atoms with Crippen LogP contribution in [0.3, 0.4) is 0 Å². The monoisotopic (exact) mass is 326 g/mol. The number of fused-ring (bicyclic) bond motifs is 3. The van der Waals surface area contributed by atoms with E-state index in [4.69, 9.17) is 5.73 Å². The lowest BCUT2D eigenvalue weighted by Gasteiger charge is -2.55. The van der Waals surface area contributed by atoms with E-state index in [1.54, 1.807) is 0 Å². The van der Waals surface area contributed by atoms with E-state index in [0.29, 0.717) is 0 Å².